The topological polar surface area (TPSA) is 55.1 Å². The average molecular weight is 232 g/mol. The third kappa shape index (κ3) is 1.90. The quantitative estimate of drug-likeness (QED) is 0.884. The first kappa shape index (κ1) is 11.6. The number of carboxylic acid groups (broad SMARTS) is 1. The number of aliphatic carboxylic acids is 1. The molecule has 0 aliphatic carbocycles. The molecule has 0 fully saturated rings. The number of rotatable bonds is 3. The summed E-state index contributed by atoms with van der Waals surface area (Å²) in [4.78, 5) is 11.0. The molecule has 0 radical (unpaired) electrons. The zero-order chi connectivity index (χ0) is 12.6. The van der Waals surface area contributed by atoms with E-state index in [1.807, 2.05) is 36.7 Å². The van der Waals surface area contributed by atoms with E-state index in [4.69, 9.17) is 5.11 Å². The minimum absolute atomic E-state index is 0.483. The lowest BCUT2D eigenvalue weighted by atomic mass is 9.99. The summed E-state index contributed by atoms with van der Waals surface area (Å²) >= 11 is 0. The van der Waals surface area contributed by atoms with Crippen molar-refractivity contribution in [2.24, 2.45) is 0 Å². The predicted octanol–water partition coefficient (Wildman–Crippen LogP) is 2.55. The van der Waals surface area contributed by atoms with E-state index in [9.17, 15) is 4.79 Å². The number of carbonyl (C=O) groups is 1. The van der Waals surface area contributed by atoms with Gasteiger partial charge < -0.3 is 5.11 Å². The Morgan fingerprint density at radius 1 is 1.53 bits per heavy atom. The lowest BCUT2D eigenvalue weighted by Gasteiger charge is -2.07. The van der Waals surface area contributed by atoms with Gasteiger partial charge in [-0.1, -0.05) is 6.07 Å². The zero-order valence-electron chi connectivity index (χ0n) is 10.3. The monoisotopic (exact) mass is 232 g/mol. The van der Waals surface area contributed by atoms with Crippen molar-refractivity contribution in [2.45, 2.75) is 33.2 Å². The smallest absolute Gasteiger partial charge is 0.310 e. The molecule has 0 aliphatic rings. The average Bonchev–Trinajstić information content (AvgIpc) is 2.64. The number of carboxylic acids is 1. The molecule has 0 amide bonds. The van der Waals surface area contributed by atoms with Gasteiger partial charge in [-0.3, -0.25) is 9.48 Å². The third-order valence-electron chi connectivity index (χ3n) is 3.13. The van der Waals surface area contributed by atoms with E-state index < -0.39 is 11.9 Å². The Morgan fingerprint density at radius 2 is 2.24 bits per heavy atom. The van der Waals surface area contributed by atoms with Gasteiger partial charge in [0.1, 0.15) is 0 Å². The zero-order valence-corrected chi connectivity index (χ0v) is 10.3. The van der Waals surface area contributed by atoms with Gasteiger partial charge in [0.2, 0.25) is 0 Å². The number of aryl methyl sites for hydroxylation is 2. The van der Waals surface area contributed by atoms with E-state index >= 15 is 0 Å². The summed E-state index contributed by atoms with van der Waals surface area (Å²) in [6.45, 7) is 6.50. The summed E-state index contributed by atoms with van der Waals surface area (Å²) in [5, 5.41) is 14.5. The molecule has 4 nitrogen and oxygen atoms in total. The Kier molecular flexibility index (Phi) is 2.88. The van der Waals surface area contributed by atoms with E-state index in [1.54, 1.807) is 6.92 Å². The summed E-state index contributed by atoms with van der Waals surface area (Å²) in [6, 6.07) is 5.75. The molecule has 1 unspecified atom stereocenters. The van der Waals surface area contributed by atoms with Gasteiger partial charge in [0, 0.05) is 11.9 Å². The van der Waals surface area contributed by atoms with Gasteiger partial charge in [0.15, 0.2) is 0 Å². The fourth-order valence-electron chi connectivity index (χ4n) is 2.01. The maximum absolute atomic E-state index is 11.0. The molecule has 90 valence electrons. The lowest BCUT2D eigenvalue weighted by molar-refractivity contribution is -0.138. The van der Waals surface area contributed by atoms with Crippen LogP contribution in [-0.4, -0.2) is 20.9 Å². The number of hydrogen-bond acceptors (Lipinski definition) is 2. The molecule has 1 heterocycles. The number of benzene rings is 1. The Bertz CT molecular complexity index is 572. The van der Waals surface area contributed by atoms with Crippen molar-refractivity contribution in [3.63, 3.8) is 0 Å². The molecule has 0 spiro atoms. The van der Waals surface area contributed by atoms with E-state index in [0.29, 0.717) is 0 Å². The van der Waals surface area contributed by atoms with Crippen LogP contribution in [0.3, 0.4) is 0 Å². The van der Waals surface area contributed by atoms with Crippen LogP contribution in [0.15, 0.2) is 18.2 Å². The van der Waals surface area contributed by atoms with E-state index in [2.05, 4.69) is 5.10 Å². The van der Waals surface area contributed by atoms with Gasteiger partial charge >= 0.3 is 5.97 Å². The Balaban J connectivity index is 2.58. The molecule has 1 aromatic heterocycles. The molecule has 0 saturated carbocycles. The maximum atomic E-state index is 11.0. The Morgan fingerprint density at radius 3 is 2.82 bits per heavy atom. The molecule has 1 N–H and O–H groups in total. The van der Waals surface area contributed by atoms with Crippen molar-refractivity contribution < 1.29 is 9.90 Å². The number of nitrogens with zero attached hydrogens (tertiary/aromatic N) is 2. The van der Waals surface area contributed by atoms with E-state index in [-0.39, 0.29) is 0 Å². The Hall–Kier alpha value is -1.84. The second kappa shape index (κ2) is 4.20. The van der Waals surface area contributed by atoms with Gasteiger partial charge in [-0.15, -0.1) is 0 Å². The Labute approximate surface area is 99.9 Å². The van der Waals surface area contributed by atoms with Crippen molar-refractivity contribution in [1.29, 1.82) is 0 Å². The predicted molar refractivity (Wildman–Crippen MR) is 66.2 cm³/mol. The summed E-state index contributed by atoms with van der Waals surface area (Å²) in [5.74, 6) is -1.28. The number of aromatic nitrogens is 2. The second-order valence-electron chi connectivity index (χ2n) is 4.24. The van der Waals surface area contributed by atoms with Crippen molar-refractivity contribution in [3.05, 3.63) is 29.5 Å². The lowest BCUT2D eigenvalue weighted by Crippen LogP contribution is -2.07. The molecule has 4 heteroatoms. The molecule has 1 atom stereocenters. The molecule has 0 aliphatic heterocycles. The second-order valence-corrected chi connectivity index (χ2v) is 4.24. The van der Waals surface area contributed by atoms with Crippen LogP contribution in [-0.2, 0) is 11.3 Å². The van der Waals surface area contributed by atoms with Crippen LogP contribution in [0.25, 0.3) is 10.9 Å². The minimum Gasteiger partial charge on any atom is -0.481 e. The summed E-state index contributed by atoms with van der Waals surface area (Å²) in [7, 11) is 0. The van der Waals surface area contributed by atoms with Crippen molar-refractivity contribution in [2.75, 3.05) is 0 Å². The van der Waals surface area contributed by atoms with Gasteiger partial charge in [-0.05, 0) is 38.5 Å². The van der Waals surface area contributed by atoms with Gasteiger partial charge in [-0.25, -0.2) is 0 Å². The first-order chi connectivity index (χ1) is 8.04. The molecular weight excluding hydrogens is 216 g/mol. The van der Waals surface area contributed by atoms with Crippen LogP contribution in [0.4, 0.5) is 0 Å². The standard InChI is InChI=1S/C13H16N2O2/c1-4-15-12-6-5-10(8(2)13(16)17)7-11(12)9(3)14-15/h5-8H,4H2,1-3H3,(H,16,17). The van der Waals surface area contributed by atoms with Crippen LogP contribution in [0, 0.1) is 6.92 Å². The fraction of sp³-hybridized carbons (Fsp3) is 0.385. The first-order valence-corrected chi connectivity index (χ1v) is 5.74. The minimum atomic E-state index is -0.801. The molecular formula is C13H16N2O2. The highest BCUT2D eigenvalue weighted by atomic mass is 16.4. The molecule has 17 heavy (non-hydrogen) atoms. The largest absolute Gasteiger partial charge is 0.481 e. The van der Waals surface area contributed by atoms with E-state index in [1.165, 1.54) is 0 Å². The van der Waals surface area contributed by atoms with Crippen LogP contribution < -0.4 is 0 Å². The number of fused-ring (bicyclic) bond motifs is 1. The summed E-state index contributed by atoms with van der Waals surface area (Å²) in [5.41, 5.74) is 2.83. The third-order valence-corrected chi connectivity index (χ3v) is 3.13. The van der Waals surface area contributed by atoms with Crippen LogP contribution in [0.1, 0.15) is 31.0 Å². The number of hydrogen-bond donors (Lipinski definition) is 1. The molecule has 2 rings (SSSR count). The molecule has 0 bridgehead atoms. The normalized spacial score (nSPS) is 12.9. The molecule has 0 saturated heterocycles. The maximum Gasteiger partial charge on any atom is 0.310 e. The highest BCUT2D eigenvalue weighted by molar-refractivity contribution is 5.85. The highest BCUT2D eigenvalue weighted by Crippen LogP contribution is 2.24. The van der Waals surface area contributed by atoms with Crippen LogP contribution in [0.2, 0.25) is 0 Å². The van der Waals surface area contributed by atoms with Gasteiger partial charge in [0.25, 0.3) is 0 Å². The summed E-state index contributed by atoms with van der Waals surface area (Å²) < 4.78 is 1.93. The fourth-order valence-corrected chi connectivity index (χ4v) is 2.01. The summed E-state index contributed by atoms with van der Waals surface area (Å²) in [6.07, 6.45) is 0. The first-order valence-electron chi connectivity index (χ1n) is 5.74. The SMILES string of the molecule is CCn1nc(C)c2cc(C(C)C(=O)O)ccc21. The van der Waals surface area contributed by atoms with Crippen molar-refractivity contribution in [1.82, 2.24) is 9.78 Å². The van der Waals surface area contributed by atoms with Gasteiger partial charge in [0.05, 0.1) is 17.1 Å². The van der Waals surface area contributed by atoms with Crippen molar-refractivity contribution >= 4 is 16.9 Å². The molecule has 2 aromatic rings. The van der Waals surface area contributed by atoms with E-state index in [0.717, 1.165) is 28.7 Å². The van der Waals surface area contributed by atoms with Gasteiger partial charge in [-0.2, -0.15) is 5.10 Å². The van der Waals surface area contributed by atoms with Crippen LogP contribution in [0.5, 0.6) is 0 Å². The highest BCUT2D eigenvalue weighted by Gasteiger charge is 2.15. The molecule has 1 aromatic carbocycles. The van der Waals surface area contributed by atoms with Crippen LogP contribution >= 0.6 is 0 Å². The van der Waals surface area contributed by atoms with Crippen molar-refractivity contribution in [3.8, 4) is 0 Å².